The van der Waals surface area contributed by atoms with Crippen LogP contribution in [0.25, 0.3) is 0 Å². The molecule has 1 saturated heterocycles. The van der Waals surface area contributed by atoms with E-state index in [-0.39, 0.29) is 49.2 Å². The number of hydrogen-bond donors (Lipinski definition) is 3. The second kappa shape index (κ2) is 10.7. The van der Waals surface area contributed by atoms with Gasteiger partial charge in [-0.1, -0.05) is 6.42 Å². The first-order chi connectivity index (χ1) is 11.6. The molecule has 1 aliphatic heterocycles. The van der Waals surface area contributed by atoms with Crippen molar-refractivity contribution in [2.45, 2.75) is 31.7 Å². The molecule has 1 aliphatic rings. The van der Waals surface area contributed by atoms with Gasteiger partial charge in [0.25, 0.3) is 5.91 Å². The molecule has 0 radical (unpaired) electrons. The molecule has 1 atom stereocenters. The Morgan fingerprint density at radius 2 is 1.92 bits per heavy atom. The molecule has 0 aromatic heterocycles. The lowest BCUT2D eigenvalue weighted by Crippen LogP contribution is -2.43. The van der Waals surface area contributed by atoms with Crippen LogP contribution in [0.1, 0.15) is 36.0 Å². The Labute approximate surface area is 153 Å². The number of benzene rings is 1. The number of halogens is 1. The molecule has 25 heavy (non-hydrogen) atoms. The number of amides is 2. The summed E-state index contributed by atoms with van der Waals surface area (Å²) in [6, 6.07) is 6.50. The molecule has 2 amide bonds. The third-order valence-electron chi connectivity index (χ3n) is 3.88. The molecule has 0 spiro atoms. The van der Waals surface area contributed by atoms with Gasteiger partial charge in [-0.25, -0.2) is 0 Å². The number of rotatable bonds is 6. The molecule has 3 N–H and O–H groups in total. The monoisotopic (exact) mass is 369 g/mol. The van der Waals surface area contributed by atoms with Crippen LogP contribution in [0.3, 0.4) is 0 Å². The van der Waals surface area contributed by atoms with Crippen LogP contribution < -0.4 is 16.0 Å². The van der Waals surface area contributed by atoms with Crippen molar-refractivity contribution in [1.82, 2.24) is 10.6 Å². The summed E-state index contributed by atoms with van der Waals surface area (Å²) in [7, 11) is 1.31. The third-order valence-corrected chi connectivity index (χ3v) is 3.88. The van der Waals surface area contributed by atoms with E-state index in [0.29, 0.717) is 11.3 Å². The van der Waals surface area contributed by atoms with E-state index in [0.717, 1.165) is 25.8 Å². The first-order valence-electron chi connectivity index (χ1n) is 8.09. The molecule has 8 heteroatoms. The zero-order chi connectivity index (χ0) is 17.4. The molecular weight excluding hydrogens is 346 g/mol. The highest BCUT2D eigenvalue weighted by molar-refractivity contribution is 5.97. The van der Waals surface area contributed by atoms with Crippen LogP contribution in [-0.2, 0) is 14.3 Å². The Hall–Kier alpha value is -2.12. The minimum absolute atomic E-state index is 0. The van der Waals surface area contributed by atoms with E-state index in [2.05, 4.69) is 20.7 Å². The van der Waals surface area contributed by atoms with Gasteiger partial charge in [0, 0.05) is 17.8 Å². The molecule has 1 heterocycles. The van der Waals surface area contributed by atoms with Crippen molar-refractivity contribution < 1.29 is 19.1 Å². The van der Waals surface area contributed by atoms with Crippen molar-refractivity contribution >= 4 is 35.9 Å². The predicted octanol–water partition coefficient (Wildman–Crippen LogP) is 1.48. The molecule has 0 bridgehead atoms. The number of carbonyl (C=O) groups excluding carboxylic acids is 3. The van der Waals surface area contributed by atoms with E-state index in [1.165, 1.54) is 7.11 Å². The number of methoxy groups -OCH3 is 1. The molecule has 0 saturated carbocycles. The van der Waals surface area contributed by atoms with E-state index in [1.54, 1.807) is 24.3 Å². The third kappa shape index (κ3) is 6.72. The Morgan fingerprint density at radius 1 is 1.20 bits per heavy atom. The number of hydrogen-bond acceptors (Lipinski definition) is 5. The first-order valence-corrected chi connectivity index (χ1v) is 8.09. The summed E-state index contributed by atoms with van der Waals surface area (Å²) in [6.07, 6.45) is 3.12. The van der Waals surface area contributed by atoms with Gasteiger partial charge in [0.1, 0.15) is 0 Å². The largest absolute Gasteiger partial charge is 0.469 e. The summed E-state index contributed by atoms with van der Waals surface area (Å²) in [5, 5.41) is 8.68. The maximum Gasteiger partial charge on any atom is 0.307 e. The molecule has 0 aliphatic carbocycles. The number of nitrogens with one attached hydrogen (secondary N) is 3. The van der Waals surface area contributed by atoms with E-state index in [4.69, 9.17) is 0 Å². The van der Waals surface area contributed by atoms with Crippen molar-refractivity contribution in [3.63, 3.8) is 0 Å². The highest BCUT2D eigenvalue weighted by Gasteiger charge is 2.20. The van der Waals surface area contributed by atoms with E-state index >= 15 is 0 Å². The minimum atomic E-state index is -0.371. The average molecular weight is 370 g/mol. The van der Waals surface area contributed by atoms with E-state index < -0.39 is 0 Å². The minimum Gasteiger partial charge on any atom is -0.469 e. The quantitative estimate of drug-likeness (QED) is 0.660. The van der Waals surface area contributed by atoms with E-state index in [9.17, 15) is 14.4 Å². The van der Waals surface area contributed by atoms with Gasteiger partial charge in [-0.3, -0.25) is 14.4 Å². The normalized spacial score (nSPS) is 16.3. The van der Waals surface area contributed by atoms with Gasteiger partial charge in [-0.15, -0.1) is 12.4 Å². The Balaban J connectivity index is 0.00000312. The van der Waals surface area contributed by atoms with Crippen LogP contribution in [0.15, 0.2) is 24.3 Å². The number of ether oxygens (including phenoxy) is 1. The fourth-order valence-electron chi connectivity index (χ4n) is 2.49. The second-order valence-corrected chi connectivity index (χ2v) is 5.65. The fourth-order valence-corrected chi connectivity index (χ4v) is 2.49. The average Bonchev–Trinajstić information content (AvgIpc) is 2.62. The Morgan fingerprint density at radius 3 is 2.52 bits per heavy atom. The molecule has 1 fully saturated rings. The summed E-state index contributed by atoms with van der Waals surface area (Å²) in [4.78, 5) is 35.0. The second-order valence-electron chi connectivity index (χ2n) is 5.65. The summed E-state index contributed by atoms with van der Waals surface area (Å²) >= 11 is 0. The number of carbonyl (C=O) groups is 3. The standard InChI is InChI=1S/C17H23N3O4.ClH/c1-24-15(21)9-11-19-16(22)12-5-7-13(8-6-12)20-17(23)14-4-2-3-10-18-14;/h5-8,14,18H,2-4,9-11H2,1H3,(H,19,22)(H,20,23);1H. The number of piperidine rings is 1. The molecule has 1 unspecified atom stereocenters. The highest BCUT2D eigenvalue weighted by atomic mass is 35.5. The van der Waals surface area contributed by atoms with Crippen LogP contribution >= 0.6 is 12.4 Å². The fraction of sp³-hybridized carbons (Fsp3) is 0.471. The summed E-state index contributed by atoms with van der Waals surface area (Å²) in [5.41, 5.74) is 1.12. The molecule has 1 aromatic carbocycles. The van der Waals surface area contributed by atoms with Gasteiger partial charge >= 0.3 is 5.97 Å². The number of esters is 1. The van der Waals surface area contributed by atoms with Crippen LogP contribution in [0.2, 0.25) is 0 Å². The zero-order valence-corrected chi connectivity index (χ0v) is 15.0. The summed E-state index contributed by atoms with van der Waals surface area (Å²) < 4.78 is 4.50. The maximum atomic E-state index is 12.1. The number of anilines is 1. The van der Waals surface area contributed by atoms with Gasteiger partial charge in [0.2, 0.25) is 5.91 Å². The topological polar surface area (TPSA) is 96.5 Å². The van der Waals surface area contributed by atoms with Gasteiger partial charge in [0.05, 0.1) is 19.6 Å². The summed E-state index contributed by atoms with van der Waals surface area (Å²) in [6.45, 7) is 1.08. The zero-order valence-electron chi connectivity index (χ0n) is 14.2. The summed E-state index contributed by atoms with van der Waals surface area (Å²) in [5.74, 6) is -0.694. The van der Waals surface area contributed by atoms with Crippen LogP contribution in [0, 0.1) is 0 Å². The van der Waals surface area contributed by atoms with Gasteiger partial charge < -0.3 is 20.7 Å². The molecule has 138 valence electrons. The van der Waals surface area contributed by atoms with Crippen molar-refractivity contribution in [3.8, 4) is 0 Å². The van der Waals surface area contributed by atoms with Crippen molar-refractivity contribution in [3.05, 3.63) is 29.8 Å². The smallest absolute Gasteiger partial charge is 0.307 e. The SMILES string of the molecule is COC(=O)CCNC(=O)c1ccc(NC(=O)C2CCCCN2)cc1.Cl. The lowest BCUT2D eigenvalue weighted by atomic mass is 10.0. The van der Waals surface area contributed by atoms with Crippen molar-refractivity contribution in [2.24, 2.45) is 0 Å². The van der Waals surface area contributed by atoms with E-state index in [1.807, 2.05) is 0 Å². The van der Waals surface area contributed by atoms with Crippen molar-refractivity contribution in [2.75, 3.05) is 25.5 Å². The van der Waals surface area contributed by atoms with Crippen molar-refractivity contribution in [1.29, 1.82) is 0 Å². The van der Waals surface area contributed by atoms with Gasteiger partial charge in [0.15, 0.2) is 0 Å². The van der Waals surface area contributed by atoms with Gasteiger partial charge in [-0.05, 0) is 43.7 Å². The maximum absolute atomic E-state index is 12.1. The van der Waals surface area contributed by atoms with Crippen LogP contribution in [0.5, 0.6) is 0 Å². The van der Waals surface area contributed by atoms with Crippen LogP contribution in [-0.4, -0.2) is 44.0 Å². The lowest BCUT2D eigenvalue weighted by Gasteiger charge is -2.22. The molecular formula is C17H24ClN3O4. The molecule has 2 rings (SSSR count). The van der Waals surface area contributed by atoms with Crippen LogP contribution in [0.4, 0.5) is 5.69 Å². The Bertz CT molecular complexity index is 586. The molecule has 7 nitrogen and oxygen atoms in total. The van der Waals surface area contributed by atoms with Gasteiger partial charge in [-0.2, -0.15) is 0 Å². The first kappa shape index (κ1) is 20.9. The molecule has 1 aromatic rings. The predicted molar refractivity (Wildman–Crippen MR) is 96.9 cm³/mol. The Kier molecular flexibility index (Phi) is 8.94. The highest BCUT2D eigenvalue weighted by Crippen LogP contribution is 2.13. The lowest BCUT2D eigenvalue weighted by molar-refractivity contribution is -0.140.